The second kappa shape index (κ2) is 20.8. The highest BCUT2D eigenvalue weighted by molar-refractivity contribution is 6.13. The first-order valence-corrected chi connectivity index (χ1v) is 23.7. The summed E-state index contributed by atoms with van der Waals surface area (Å²) in [5.74, 6) is -5.83. The zero-order valence-corrected chi connectivity index (χ0v) is 39.3. The number of carbonyl (C=O) groups is 9. The minimum Gasteiger partial charge on any atom is -0.458 e. The number of aliphatic hydroxyl groups is 1. The first-order chi connectivity index (χ1) is 34.0. The van der Waals surface area contributed by atoms with Crippen LogP contribution in [0.1, 0.15) is 110 Å². The average molecular weight is 973 g/mol. The van der Waals surface area contributed by atoms with Gasteiger partial charge in [0.05, 0.1) is 48.1 Å². The molecule has 8 rings (SSSR count). The van der Waals surface area contributed by atoms with E-state index in [1.807, 2.05) is 0 Å². The van der Waals surface area contributed by atoms with Crippen LogP contribution in [0.3, 0.4) is 0 Å². The monoisotopic (exact) mass is 972 g/mol. The lowest BCUT2D eigenvalue weighted by Gasteiger charge is -2.31. The van der Waals surface area contributed by atoms with Crippen LogP contribution >= 0.6 is 0 Å². The van der Waals surface area contributed by atoms with Gasteiger partial charge in [0, 0.05) is 85.7 Å². The van der Waals surface area contributed by atoms with E-state index in [9.17, 15) is 53.1 Å². The molecule has 0 saturated carbocycles. The number of nitrogens with zero attached hydrogens (tertiary/aromatic N) is 3. The number of ketones is 3. The smallest absolute Gasteiger partial charge is 0.343 e. The number of ether oxygens (including phenoxy) is 1. The van der Waals surface area contributed by atoms with E-state index in [0.29, 0.717) is 51.8 Å². The van der Waals surface area contributed by atoms with Gasteiger partial charge in [-0.1, -0.05) is 37.3 Å². The van der Waals surface area contributed by atoms with Crippen molar-refractivity contribution in [1.82, 2.24) is 30.4 Å². The van der Waals surface area contributed by atoms with Crippen molar-refractivity contribution in [3.05, 3.63) is 110 Å². The van der Waals surface area contributed by atoms with E-state index in [1.165, 1.54) is 10.6 Å². The molecule has 18 nitrogen and oxygen atoms in total. The van der Waals surface area contributed by atoms with Crippen LogP contribution in [0, 0.1) is 18.7 Å². The van der Waals surface area contributed by atoms with Crippen molar-refractivity contribution in [2.45, 2.75) is 109 Å². The van der Waals surface area contributed by atoms with Crippen LogP contribution in [0.25, 0.3) is 22.3 Å². The van der Waals surface area contributed by atoms with Gasteiger partial charge in [0.25, 0.3) is 17.4 Å². The lowest BCUT2D eigenvalue weighted by atomic mass is 9.81. The average Bonchev–Trinajstić information content (AvgIpc) is 3.89. The maximum Gasteiger partial charge on any atom is 0.343 e. The van der Waals surface area contributed by atoms with Gasteiger partial charge in [0.1, 0.15) is 18.2 Å². The first-order valence-electron chi connectivity index (χ1n) is 23.7. The maximum atomic E-state index is 15.4. The second-order valence-electron chi connectivity index (χ2n) is 18.4. The number of amides is 5. The number of rotatable bonds is 21. The quantitative estimate of drug-likeness (QED) is 0.0610. The van der Waals surface area contributed by atoms with E-state index in [-0.39, 0.29) is 113 Å². The fourth-order valence-corrected chi connectivity index (χ4v) is 9.88. The highest BCUT2D eigenvalue weighted by atomic mass is 19.1. The maximum absolute atomic E-state index is 15.4. The summed E-state index contributed by atoms with van der Waals surface area (Å²) >= 11 is 0. The fraction of sp³-hybridized carbons (Fsp3) is 0.404. The lowest BCUT2D eigenvalue weighted by Crippen LogP contribution is -2.44. The Morgan fingerprint density at radius 2 is 1.61 bits per heavy atom. The molecule has 0 spiro atoms. The minimum absolute atomic E-state index is 0.0402. The molecule has 4 aromatic rings. The predicted molar refractivity (Wildman–Crippen MR) is 251 cm³/mol. The minimum atomic E-state index is -2.04. The molecule has 5 heterocycles. The number of benzene rings is 2. The molecule has 19 heteroatoms. The van der Waals surface area contributed by atoms with Crippen molar-refractivity contribution in [3.63, 3.8) is 0 Å². The summed E-state index contributed by atoms with van der Waals surface area (Å²) in [6.45, 7) is 2.22. The van der Waals surface area contributed by atoms with Gasteiger partial charge in [-0.25, -0.2) is 14.2 Å². The summed E-state index contributed by atoms with van der Waals surface area (Å²) in [5.41, 5.74) is 2.17. The number of pyridine rings is 2. The number of halogens is 1. The number of cyclic esters (lactones) is 1. The number of hydrogen-bond acceptors (Lipinski definition) is 13. The summed E-state index contributed by atoms with van der Waals surface area (Å²) in [5, 5.41) is 20.3. The number of Topliss-reactive ketones (excluding diaryl/α,β-unsaturated/α-hetero) is 3. The van der Waals surface area contributed by atoms with Gasteiger partial charge in [-0.05, 0) is 67.3 Å². The largest absolute Gasteiger partial charge is 0.458 e. The summed E-state index contributed by atoms with van der Waals surface area (Å²) < 4.78 is 22.1. The second-order valence-corrected chi connectivity index (χ2v) is 18.4. The van der Waals surface area contributed by atoms with Crippen LogP contribution in [-0.4, -0.2) is 92.0 Å². The zero-order valence-electron chi connectivity index (χ0n) is 39.3. The van der Waals surface area contributed by atoms with Crippen molar-refractivity contribution < 1.29 is 57.4 Å². The Bertz CT molecular complexity index is 3000. The van der Waals surface area contributed by atoms with E-state index < -0.39 is 70.9 Å². The molecule has 5 amide bonds. The van der Waals surface area contributed by atoms with Crippen LogP contribution in [0.5, 0.6) is 0 Å². The molecule has 0 fully saturated rings. The summed E-state index contributed by atoms with van der Waals surface area (Å²) in [4.78, 5) is 134. The molecular formula is C52H53FN6O12. The molecule has 3 atom stereocenters. The summed E-state index contributed by atoms with van der Waals surface area (Å²) in [6.07, 6.45) is 2.53. The molecule has 4 N–H and O–H groups in total. The van der Waals surface area contributed by atoms with Crippen molar-refractivity contribution in [1.29, 1.82) is 0 Å². The highest BCUT2D eigenvalue weighted by Gasteiger charge is 2.46. The zero-order chi connectivity index (χ0) is 50.7. The van der Waals surface area contributed by atoms with Gasteiger partial charge >= 0.3 is 5.97 Å². The number of esters is 1. The van der Waals surface area contributed by atoms with Gasteiger partial charge in [-0.15, -0.1) is 0 Å². The van der Waals surface area contributed by atoms with Gasteiger partial charge in [-0.3, -0.25) is 48.1 Å². The third-order valence-electron chi connectivity index (χ3n) is 13.8. The Hall–Kier alpha value is -7.54. The Morgan fingerprint density at radius 1 is 0.873 bits per heavy atom. The number of aryl methyl sites for hydroxylation is 1. The molecule has 370 valence electrons. The van der Waals surface area contributed by atoms with Crippen LogP contribution in [0.4, 0.5) is 4.39 Å². The van der Waals surface area contributed by atoms with Crippen LogP contribution < -0.4 is 21.5 Å². The normalized spacial score (nSPS) is 17.8. The lowest BCUT2D eigenvalue weighted by molar-refractivity contribution is -0.172. The van der Waals surface area contributed by atoms with Crippen molar-refractivity contribution >= 4 is 63.8 Å². The van der Waals surface area contributed by atoms with E-state index in [1.54, 1.807) is 50.2 Å². The SMILES string of the molecule is CC[C@@]1(O)C(=O)OCc2c1cc1n(c2=O)Cc2c-1nc1cc(F)c(C)c3c1c2[C@@H](NC(=O)CCCC(=O)CNC(=O)[C@@H](CC(=O)CNC(=O)CCC(=O)CCN1C(=O)C=CC1=O)Cc1ccccc1)CC3. The molecular weight excluding hydrogens is 920 g/mol. The molecule has 0 bridgehead atoms. The molecule has 3 aliphatic heterocycles. The van der Waals surface area contributed by atoms with E-state index in [0.717, 1.165) is 28.2 Å². The standard InChI is InChI=1S/C52H53FN6O12/c1-3-52(70)37-22-41-48-35(26-59(41)50(68)36(37)27-71-51(52)69)47-39(14-13-34-28(2)38(53)23-40(57-48)46(34)47)56-43(64)11-7-10-32(61)24-55-49(67)30(20-29-8-5-4-6-9-29)21-33(62)25-54-42(63)15-12-31(60)18-19-58-44(65)16-17-45(58)66/h4-6,8-9,16-17,22-23,30,39,70H,3,7,10-15,18-21,24-27H2,1-2H3,(H,54,63)(H,55,67)(H,56,64)/t30-,39+,52+/m1/s1. The van der Waals surface area contributed by atoms with Gasteiger partial charge < -0.3 is 30.4 Å². The molecule has 4 aliphatic rings. The summed E-state index contributed by atoms with van der Waals surface area (Å²) in [6, 6.07) is 11.3. The Labute approximate surface area is 406 Å². The number of nitrogens with one attached hydrogen (secondary N) is 3. The number of imide groups is 1. The molecule has 1 aliphatic carbocycles. The van der Waals surface area contributed by atoms with Gasteiger partial charge in [0.15, 0.2) is 17.2 Å². The van der Waals surface area contributed by atoms with E-state index in [4.69, 9.17) is 9.72 Å². The van der Waals surface area contributed by atoms with Crippen LogP contribution in [0.15, 0.2) is 59.4 Å². The van der Waals surface area contributed by atoms with E-state index in [2.05, 4.69) is 16.0 Å². The van der Waals surface area contributed by atoms with Crippen molar-refractivity contribution in [2.24, 2.45) is 5.92 Å². The topological polar surface area (TPSA) is 257 Å². The highest BCUT2D eigenvalue weighted by Crippen LogP contribution is 2.46. The molecule has 2 aromatic heterocycles. The molecule has 0 radical (unpaired) electrons. The first kappa shape index (κ1) is 49.9. The Balaban J connectivity index is 0.856. The van der Waals surface area contributed by atoms with Crippen LogP contribution in [-0.2, 0) is 79.5 Å². The Morgan fingerprint density at radius 3 is 2.34 bits per heavy atom. The number of fused-ring (bicyclic) bond motifs is 5. The van der Waals surface area contributed by atoms with Gasteiger partial charge in [0.2, 0.25) is 17.7 Å². The fourth-order valence-electron chi connectivity index (χ4n) is 9.88. The van der Waals surface area contributed by atoms with Gasteiger partial charge in [-0.2, -0.15) is 0 Å². The molecule has 71 heavy (non-hydrogen) atoms. The summed E-state index contributed by atoms with van der Waals surface area (Å²) in [7, 11) is 0. The third-order valence-corrected chi connectivity index (χ3v) is 13.8. The van der Waals surface area contributed by atoms with Crippen LogP contribution in [0.2, 0.25) is 0 Å². The predicted octanol–water partition coefficient (Wildman–Crippen LogP) is 3.08. The van der Waals surface area contributed by atoms with Crippen molar-refractivity contribution in [3.8, 4) is 11.4 Å². The van der Waals surface area contributed by atoms with Crippen molar-refractivity contribution in [2.75, 3.05) is 19.6 Å². The Kier molecular flexibility index (Phi) is 14.6. The number of carbonyl (C=O) groups excluding carboxylic acids is 9. The third kappa shape index (κ3) is 10.4. The molecule has 0 saturated heterocycles. The number of aromatic nitrogens is 2. The molecule has 0 unspecified atom stereocenters. The molecule has 2 aromatic carbocycles. The van der Waals surface area contributed by atoms with E-state index >= 15 is 4.39 Å². The number of hydrogen-bond donors (Lipinski definition) is 4.